The quantitative estimate of drug-likeness (QED) is 0.530. The topological polar surface area (TPSA) is 44.4 Å². The third kappa shape index (κ3) is 5.55. The molecule has 1 unspecified atom stereocenters. The summed E-state index contributed by atoms with van der Waals surface area (Å²) < 4.78 is 0. The van der Waals surface area contributed by atoms with Crippen molar-refractivity contribution in [2.45, 2.75) is 55.9 Å². The Morgan fingerprint density at radius 2 is 1.90 bits per heavy atom. The van der Waals surface area contributed by atoms with E-state index in [1.165, 1.54) is 15.4 Å². The molecule has 4 nitrogen and oxygen atoms in total. The predicted molar refractivity (Wildman–Crippen MR) is 123 cm³/mol. The maximum Gasteiger partial charge on any atom is 0.251 e. The molecule has 156 valence electrons. The van der Waals surface area contributed by atoms with Crippen molar-refractivity contribution >= 4 is 23.4 Å². The van der Waals surface area contributed by atoms with Crippen molar-refractivity contribution in [1.82, 2.24) is 10.2 Å². The number of hydrogen-bond acceptors (Lipinski definition) is 4. The van der Waals surface area contributed by atoms with Crippen LogP contribution in [0.3, 0.4) is 0 Å². The molecule has 0 spiro atoms. The maximum atomic E-state index is 12.7. The van der Waals surface area contributed by atoms with Crippen LogP contribution in [-0.4, -0.2) is 37.0 Å². The summed E-state index contributed by atoms with van der Waals surface area (Å²) in [4.78, 5) is 17.5. The molecule has 3 rings (SSSR count). The molecule has 1 amide bonds. The number of carbonyl (C=O) groups excluding carboxylic acids is 1. The van der Waals surface area contributed by atoms with E-state index in [0.29, 0.717) is 6.54 Å². The Morgan fingerprint density at radius 3 is 2.66 bits per heavy atom. The first-order chi connectivity index (χ1) is 14.2. The van der Waals surface area contributed by atoms with E-state index >= 15 is 0 Å². The van der Waals surface area contributed by atoms with Gasteiger partial charge in [0.1, 0.15) is 0 Å². The van der Waals surface area contributed by atoms with Crippen molar-refractivity contribution in [1.29, 1.82) is 0 Å². The second kappa shape index (κ2) is 10.7. The first-order valence-electron chi connectivity index (χ1n) is 10.8. The number of nitrogens with zero attached hydrogens (tertiary/aromatic N) is 1. The minimum Gasteiger partial charge on any atom is -0.377 e. The number of anilines is 1. The van der Waals surface area contributed by atoms with Gasteiger partial charge in [-0.3, -0.25) is 4.79 Å². The van der Waals surface area contributed by atoms with E-state index in [-0.39, 0.29) is 11.9 Å². The average molecular weight is 412 g/mol. The van der Waals surface area contributed by atoms with Crippen molar-refractivity contribution in [2.24, 2.45) is 0 Å². The van der Waals surface area contributed by atoms with Gasteiger partial charge in [0.15, 0.2) is 0 Å². The summed E-state index contributed by atoms with van der Waals surface area (Å²) in [6.07, 6.45) is 3.15. The van der Waals surface area contributed by atoms with E-state index in [2.05, 4.69) is 66.6 Å². The van der Waals surface area contributed by atoms with Crippen LogP contribution in [0.1, 0.15) is 62.0 Å². The monoisotopic (exact) mass is 411 g/mol. The summed E-state index contributed by atoms with van der Waals surface area (Å²) in [5, 5.41) is 6.78. The molecule has 1 aliphatic heterocycles. The van der Waals surface area contributed by atoms with Crippen LogP contribution in [0.15, 0.2) is 52.3 Å². The van der Waals surface area contributed by atoms with Crippen LogP contribution in [0.2, 0.25) is 0 Å². The highest BCUT2D eigenvalue weighted by Gasteiger charge is 2.22. The average Bonchev–Trinajstić information content (AvgIpc) is 2.90. The van der Waals surface area contributed by atoms with Gasteiger partial charge in [0, 0.05) is 27.6 Å². The Hall–Kier alpha value is -1.98. The molecule has 2 N–H and O–H groups in total. The number of amides is 1. The zero-order valence-corrected chi connectivity index (χ0v) is 18.6. The van der Waals surface area contributed by atoms with E-state index in [1.54, 1.807) is 11.8 Å². The molecule has 0 bridgehead atoms. The second-order valence-corrected chi connectivity index (χ2v) is 8.56. The first kappa shape index (κ1) is 21.7. The zero-order valence-electron chi connectivity index (χ0n) is 17.8. The van der Waals surface area contributed by atoms with Gasteiger partial charge in [-0.05, 0) is 62.3 Å². The van der Waals surface area contributed by atoms with Gasteiger partial charge in [0.05, 0.1) is 6.04 Å². The Kier molecular flexibility index (Phi) is 8.01. The number of fused-ring (bicyclic) bond motifs is 2. The Bertz CT molecular complexity index is 820. The fourth-order valence-electron chi connectivity index (χ4n) is 3.78. The summed E-state index contributed by atoms with van der Waals surface area (Å²) in [5.74, 6) is 0.00736. The van der Waals surface area contributed by atoms with Crippen LogP contribution < -0.4 is 10.6 Å². The number of nitrogens with one attached hydrogen (secondary N) is 2. The second-order valence-electron chi connectivity index (χ2n) is 7.47. The summed E-state index contributed by atoms with van der Waals surface area (Å²) in [6, 6.07) is 14.9. The molecular weight excluding hydrogens is 378 g/mol. The van der Waals surface area contributed by atoms with Gasteiger partial charge in [-0.1, -0.05) is 57.2 Å². The van der Waals surface area contributed by atoms with E-state index in [0.717, 1.165) is 50.1 Å². The highest BCUT2D eigenvalue weighted by atomic mass is 32.2. The van der Waals surface area contributed by atoms with Crippen molar-refractivity contribution in [3.8, 4) is 0 Å². The molecule has 0 fully saturated rings. The van der Waals surface area contributed by atoms with E-state index in [1.807, 2.05) is 12.1 Å². The van der Waals surface area contributed by atoms with Crippen LogP contribution in [0, 0.1) is 0 Å². The molecule has 0 saturated heterocycles. The van der Waals surface area contributed by atoms with Crippen molar-refractivity contribution in [3.05, 3.63) is 53.6 Å². The number of carbonyl (C=O) groups is 1. The predicted octanol–water partition coefficient (Wildman–Crippen LogP) is 5.57. The van der Waals surface area contributed by atoms with Crippen molar-refractivity contribution in [3.63, 3.8) is 0 Å². The lowest BCUT2D eigenvalue weighted by molar-refractivity contribution is 0.0952. The van der Waals surface area contributed by atoms with Crippen LogP contribution >= 0.6 is 11.8 Å². The van der Waals surface area contributed by atoms with E-state index in [9.17, 15) is 4.79 Å². The summed E-state index contributed by atoms with van der Waals surface area (Å²) in [7, 11) is 0. The molecular formula is C24H33N3OS. The van der Waals surface area contributed by atoms with Crippen molar-refractivity contribution < 1.29 is 4.79 Å². The van der Waals surface area contributed by atoms with Gasteiger partial charge in [-0.2, -0.15) is 0 Å². The lowest BCUT2D eigenvalue weighted by Gasteiger charge is -2.20. The van der Waals surface area contributed by atoms with Crippen LogP contribution in [0.4, 0.5) is 5.69 Å². The Balaban J connectivity index is 1.69. The molecule has 1 atom stereocenters. The van der Waals surface area contributed by atoms with Gasteiger partial charge in [-0.25, -0.2) is 0 Å². The molecule has 0 radical (unpaired) electrons. The summed E-state index contributed by atoms with van der Waals surface area (Å²) in [5.41, 5.74) is 3.12. The lowest BCUT2D eigenvalue weighted by atomic mass is 10.0. The molecule has 0 saturated carbocycles. The molecule has 0 aromatic heterocycles. The smallest absolute Gasteiger partial charge is 0.251 e. The normalized spacial score (nSPS) is 15.2. The maximum absolute atomic E-state index is 12.7. The van der Waals surface area contributed by atoms with E-state index in [4.69, 9.17) is 0 Å². The molecule has 5 heteroatoms. The molecule has 2 aromatic carbocycles. The molecule has 1 aliphatic rings. The minimum atomic E-state index is 0.00736. The van der Waals surface area contributed by atoms with Gasteiger partial charge >= 0.3 is 0 Å². The SMILES string of the molecule is CCCC1Nc2cc(C(=O)NCCCN(CC)CC)ccc2Sc2ccccc21. The fraction of sp³-hybridized carbons (Fsp3) is 0.458. The highest BCUT2D eigenvalue weighted by Crippen LogP contribution is 2.43. The highest BCUT2D eigenvalue weighted by molar-refractivity contribution is 7.99. The van der Waals surface area contributed by atoms with Gasteiger partial charge in [0.25, 0.3) is 5.91 Å². The lowest BCUT2D eigenvalue weighted by Crippen LogP contribution is -2.29. The standard InChI is InChI=1S/C24H33N3OS/c1-4-10-20-19-11-7-8-12-22(19)29-23-14-13-18(17-21(23)26-20)24(28)25-15-9-16-27(5-2)6-3/h7-8,11-14,17,20,26H,4-6,9-10,15-16H2,1-3H3,(H,25,28). The van der Waals surface area contributed by atoms with Gasteiger partial charge < -0.3 is 15.5 Å². The Labute approximate surface area is 179 Å². The molecule has 1 heterocycles. The summed E-state index contributed by atoms with van der Waals surface area (Å²) >= 11 is 1.78. The minimum absolute atomic E-state index is 0.00736. The van der Waals surface area contributed by atoms with Crippen LogP contribution in [0.25, 0.3) is 0 Å². The molecule has 2 aromatic rings. The first-order valence-corrected chi connectivity index (χ1v) is 11.7. The van der Waals surface area contributed by atoms with Gasteiger partial charge in [-0.15, -0.1) is 0 Å². The van der Waals surface area contributed by atoms with Gasteiger partial charge in [0.2, 0.25) is 0 Å². The zero-order chi connectivity index (χ0) is 20.6. The molecule has 29 heavy (non-hydrogen) atoms. The largest absolute Gasteiger partial charge is 0.377 e. The Morgan fingerprint density at radius 1 is 1.10 bits per heavy atom. The third-order valence-electron chi connectivity index (χ3n) is 5.49. The summed E-state index contributed by atoms with van der Waals surface area (Å²) in [6.45, 7) is 10.4. The third-order valence-corrected chi connectivity index (χ3v) is 6.66. The molecule has 0 aliphatic carbocycles. The number of rotatable bonds is 9. The fourth-order valence-corrected chi connectivity index (χ4v) is 4.86. The van der Waals surface area contributed by atoms with Crippen molar-refractivity contribution in [2.75, 3.05) is 31.5 Å². The number of benzene rings is 2. The van der Waals surface area contributed by atoms with Crippen LogP contribution in [0.5, 0.6) is 0 Å². The number of hydrogen-bond donors (Lipinski definition) is 2. The van der Waals surface area contributed by atoms with Crippen LogP contribution in [-0.2, 0) is 0 Å². The van der Waals surface area contributed by atoms with E-state index < -0.39 is 0 Å².